The van der Waals surface area contributed by atoms with Gasteiger partial charge in [0, 0.05) is 11.4 Å². The molecule has 0 atom stereocenters. The third kappa shape index (κ3) is 7.16. The van der Waals surface area contributed by atoms with Crippen molar-refractivity contribution < 1.29 is 0 Å². The van der Waals surface area contributed by atoms with Crippen LogP contribution in [0.2, 0.25) is 0 Å². The van der Waals surface area contributed by atoms with Gasteiger partial charge in [0.1, 0.15) is 0 Å². The summed E-state index contributed by atoms with van der Waals surface area (Å²) < 4.78 is 0. The Labute approximate surface area is 210 Å². The van der Waals surface area contributed by atoms with Crippen molar-refractivity contribution in [2.75, 3.05) is 10.6 Å². The third-order valence-corrected chi connectivity index (χ3v) is 5.31. The molecule has 1 aromatic heterocycles. The Morgan fingerprint density at radius 3 is 1.47 bits per heavy atom. The van der Waals surface area contributed by atoms with Crippen molar-refractivity contribution in [3.8, 4) is 0 Å². The summed E-state index contributed by atoms with van der Waals surface area (Å²) in [6, 6.07) is 21.5. The number of benzene rings is 2. The number of para-hydroxylation sites is 2. The molecule has 1 heterocycles. The molecule has 0 aliphatic carbocycles. The lowest BCUT2D eigenvalue weighted by atomic mass is 10.2. The Hall–Kier alpha value is -3.69. The van der Waals surface area contributed by atoms with E-state index in [0.29, 0.717) is 33.0 Å². The Bertz CT molecular complexity index is 1160. The van der Waals surface area contributed by atoms with Crippen LogP contribution < -0.4 is 21.5 Å². The van der Waals surface area contributed by atoms with Crippen LogP contribution in [-0.2, 0) is 0 Å². The summed E-state index contributed by atoms with van der Waals surface area (Å²) in [7, 11) is 0. The van der Waals surface area contributed by atoms with Gasteiger partial charge in [-0.05, 0) is 87.5 Å². The second-order valence-corrected chi connectivity index (χ2v) is 8.38. The molecule has 0 aliphatic rings. The highest BCUT2D eigenvalue weighted by atomic mass is 32.1. The summed E-state index contributed by atoms with van der Waals surface area (Å²) >= 11 is 10.7. The van der Waals surface area contributed by atoms with E-state index in [1.807, 2.05) is 94.4 Å². The number of nitrogens with zero attached hydrogens (tertiary/aromatic N) is 3. The maximum atomic E-state index is 5.35. The number of hydrogen-bond donors (Lipinski definition) is 4. The van der Waals surface area contributed by atoms with Crippen molar-refractivity contribution in [2.45, 2.75) is 27.7 Å². The standard InChI is InChI=1S/C25H27N7S2/c1-16-10-5-7-12-20(16)27-24(33)31-29-18(3)22-14-9-15-23(26-22)19(4)30-32-25(34)28-21-13-8-6-11-17(21)2/h5-15H,1-4H3,(H2,27,31,33)(H2,28,32,34)/b29-18+,30-19+. The van der Waals surface area contributed by atoms with E-state index in [9.17, 15) is 0 Å². The molecule has 2 aromatic carbocycles. The lowest BCUT2D eigenvalue weighted by Gasteiger charge is -2.11. The van der Waals surface area contributed by atoms with Crippen LogP contribution in [-0.4, -0.2) is 26.6 Å². The van der Waals surface area contributed by atoms with E-state index in [1.165, 1.54) is 0 Å². The summed E-state index contributed by atoms with van der Waals surface area (Å²) in [4.78, 5) is 4.66. The third-order valence-electron chi connectivity index (χ3n) is 4.93. The number of aromatic nitrogens is 1. The largest absolute Gasteiger partial charge is 0.331 e. The Morgan fingerprint density at radius 1 is 0.647 bits per heavy atom. The first kappa shape index (κ1) is 24.9. The number of anilines is 2. The molecular weight excluding hydrogens is 462 g/mol. The van der Waals surface area contributed by atoms with Crippen LogP contribution in [0.15, 0.2) is 76.9 Å². The van der Waals surface area contributed by atoms with Crippen LogP contribution in [0.5, 0.6) is 0 Å². The lowest BCUT2D eigenvalue weighted by molar-refractivity contribution is 1.02. The molecule has 3 rings (SSSR count). The molecule has 0 aliphatic heterocycles. The van der Waals surface area contributed by atoms with Crippen molar-refractivity contribution >= 4 is 57.5 Å². The van der Waals surface area contributed by atoms with Crippen molar-refractivity contribution in [2.24, 2.45) is 10.2 Å². The predicted molar refractivity (Wildman–Crippen MR) is 150 cm³/mol. The van der Waals surface area contributed by atoms with E-state index < -0.39 is 0 Å². The highest BCUT2D eigenvalue weighted by Crippen LogP contribution is 2.13. The zero-order valence-electron chi connectivity index (χ0n) is 19.5. The number of nitrogens with one attached hydrogen (secondary N) is 4. The Balaban J connectivity index is 1.61. The molecule has 3 aromatic rings. The van der Waals surface area contributed by atoms with Gasteiger partial charge in [0.2, 0.25) is 0 Å². The van der Waals surface area contributed by atoms with E-state index in [1.54, 1.807) is 0 Å². The Morgan fingerprint density at radius 2 is 1.06 bits per heavy atom. The summed E-state index contributed by atoms with van der Waals surface area (Å²) in [6.07, 6.45) is 0. The molecule has 174 valence electrons. The minimum absolute atomic E-state index is 0.404. The smallest absolute Gasteiger partial charge is 0.191 e. The minimum atomic E-state index is 0.404. The van der Waals surface area contributed by atoms with Gasteiger partial charge in [-0.25, -0.2) is 4.98 Å². The molecule has 9 heteroatoms. The van der Waals surface area contributed by atoms with Gasteiger partial charge in [0.25, 0.3) is 0 Å². The van der Waals surface area contributed by atoms with E-state index >= 15 is 0 Å². The number of rotatable bonds is 6. The quantitative estimate of drug-likeness (QED) is 0.217. The second-order valence-electron chi connectivity index (χ2n) is 7.56. The molecule has 0 saturated carbocycles. The maximum Gasteiger partial charge on any atom is 0.191 e. The summed E-state index contributed by atoms with van der Waals surface area (Å²) in [5.74, 6) is 0. The monoisotopic (exact) mass is 489 g/mol. The van der Waals surface area contributed by atoms with Crippen molar-refractivity contribution in [1.29, 1.82) is 0 Å². The minimum Gasteiger partial charge on any atom is -0.331 e. The molecule has 0 radical (unpaired) electrons. The van der Waals surface area contributed by atoms with Crippen LogP contribution >= 0.6 is 24.4 Å². The van der Waals surface area contributed by atoms with Gasteiger partial charge in [-0.15, -0.1) is 0 Å². The zero-order valence-corrected chi connectivity index (χ0v) is 21.1. The predicted octanol–water partition coefficient (Wildman–Crippen LogP) is 5.12. The number of aryl methyl sites for hydroxylation is 2. The topological polar surface area (TPSA) is 85.7 Å². The van der Waals surface area contributed by atoms with Crippen LogP contribution in [0.3, 0.4) is 0 Å². The maximum absolute atomic E-state index is 5.35. The molecule has 0 spiro atoms. The summed E-state index contributed by atoms with van der Waals surface area (Å²) in [5.41, 5.74) is 12.6. The second kappa shape index (κ2) is 12.0. The first-order valence-corrected chi connectivity index (χ1v) is 11.5. The molecule has 0 bridgehead atoms. The Kier molecular flexibility index (Phi) is 8.78. The van der Waals surface area contributed by atoms with Crippen LogP contribution in [0.25, 0.3) is 0 Å². The highest BCUT2D eigenvalue weighted by molar-refractivity contribution is 7.80. The lowest BCUT2D eigenvalue weighted by Crippen LogP contribution is -2.26. The number of hydrogen-bond acceptors (Lipinski definition) is 5. The number of pyridine rings is 1. The summed E-state index contributed by atoms with van der Waals surface area (Å²) in [5, 5.41) is 15.8. The van der Waals surface area contributed by atoms with Gasteiger partial charge >= 0.3 is 0 Å². The average Bonchev–Trinajstić information content (AvgIpc) is 2.84. The highest BCUT2D eigenvalue weighted by Gasteiger charge is 2.06. The van der Waals surface area contributed by atoms with Crippen molar-refractivity contribution in [3.63, 3.8) is 0 Å². The van der Waals surface area contributed by atoms with Crippen molar-refractivity contribution in [1.82, 2.24) is 15.8 Å². The fraction of sp³-hybridized carbons (Fsp3) is 0.160. The van der Waals surface area contributed by atoms with Crippen LogP contribution in [0.1, 0.15) is 36.4 Å². The molecule has 0 fully saturated rings. The molecule has 0 unspecified atom stereocenters. The van der Waals surface area contributed by atoms with E-state index in [0.717, 1.165) is 22.5 Å². The fourth-order valence-corrected chi connectivity index (χ4v) is 3.26. The number of thiocarbonyl (C=S) groups is 2. The van der Waals surface area contributed by atoms with Gasteiger partial charge in [-0.1, -0.05) is 42.5 Å². The molecule has 7 nitrogen and oxygen atoms in total. The summed E-state index contributed by atoms with van der Waals surface area (Å²) in [6.45, 7) is 7.75. The van der Waals surface area contributed by atoms with E-state index in [2.05, 4.69) is 36.7 Å². The normalized spacial score (nSPS) is 11.5. The first-order chi connectivity index (χ1) is 16.3. The van der Waals surface area contributed by atoms with Crippen LogP contribution in [0.4, 0.5) is 11.4 Å². The molecule has 4 N–H and O–H groups in total. The molecular formula is C25H27N7S2. The average molecular weight is 490 g/mol. The SMILES string of the molecule is C/C(=N\NC(=S)Nc1ccccc1C)c1cccc(/C(C)=N/NC(=S)Nc2ccccc2C)n1. The fourth-order valence-electron chi connectivity index (χ4n) is 2.95. The molecule has 0 saturated heterocycles. The van der Waals surface area contributed by atoms with Crippen molar-refractivity contribution in [3.05, 3.63) is 89.2 Å². The van der Waals surface area contributed by atoms with E-state index in [-0.39, 0.29) is 0 Å². The van der Waals surface area contributed by atoms with Gasteiger partial charge < -0.3 is 10.6 Å². The zero-order chi connectivity index (χ0) is 24.5. The molecule has 0 amide bonds. The van der Waals surface area contributed by atoms with Crippen LogP contribution in [0, 0.1) is 13.8 Å². The number of hydrazone groups is 2. The van der Waals surface area contributed by atoms with E-state index in [4.69, 9.17) is 24.4 Å². The van der Waals surface area contributed by atoms with Gasteiger partial charge in [-0.3, -0.25) is 10.9 Å². The van der Waals surface area contributed by atoms with Gasteiger partial charge in [0.15, 0.2) is 10.2 Å². The first-order valence-electron chi connectivity index (χ1n) is 10.6. The van der Waals surface area contributed by atoms with Gasteiger partial charge in [-0.2, -0.15) is 10.2 Å². The molecule has 34 heavy (non-hydrogen) atoms. The van der Waals surface area contributed by atoms with Gasteiger partial charge in [0.05, 0.1) is 22.8 Å².